The van der Waals surface area contributed by atoms with Gasteiger partial charge in [-0.2, -0.15) is 0 Å². The summed E-state index contributed by atoms with van der Waals surface area (Å²) in [7, 11) is 0. The third-order valence-electron chi connectivity index (χ3n) is 4.76. The Morgan fingerprint density at radius 2 is 2.07 bits per heavy atom. The van der Waals surface area contributed by atoms with E-state index >= 15 is 0 Å². The maximum absolute atomic E-state index is 12.2. The smallest absolute Gasteiger partial charge is 0.345 e. The van der Waals surface area contributed by atoms with Gasteiger partial charge in [-0.3, -0.25) is 4.79 Å². The standard InChI is InChI=1S/C18H24N4O4.ClH/c1-3-8-19-9-12-20-15-11(22(12)4-2)7-5-6-10-14(15)21-17(24)13(16(10)23)18(25)26;/h19H,3-9H2,1-2H3,(H,25,26)(H2,21,23,24);1H. The third-order valence-corrected chi connectivity index (χ3v) is 4.76. The minimum Gasteiger partial charge on any atom is -0.506 e. The zero-order valence-electron chi connectivity index (χ0n) is 15.5. The lowest BCUT2D eigenvalue weighted by Crippen LogP contribution is -2.20. The molecule has 3 rings (SSSR count). The molecular formula is C18H25ClN4O4. The van der Waals surface area contributed by atoms with Gasteiger partial charge in [0.05, 0.1) is 12.2 Å². The van der Waals surface area contributed by atoms with Gasteiger partial charge in [-0.15, -0.1) is 12.4 Å². The summed E-state index contributed by atoms with van der Waals surface area (Å²) in [5.74, 6) is -0.998. The maximum atomic E-state index is 12.2. The van der Waals surface area contributed by atoms with Crippen molar-refractivity contribution >= 4 is 18.4 Å². The molecule has 0 amide bonds. The van der Waals surface area contributed by atoms with Gasteiger partial charge in [0, 0.05) is 17.8 Å². The first-order valence-corrected chi connectivity index (χ1v) is 9.00. The van der Waals surface area contributed by atoms with Crippen molar-refractivity contribution in [3.05, 3.63) is 33.0 Å². The molecule has 0 saturated carbocycles. The second-order valence-corrected chi connectivity index (χ2v) is 6.43. The van der Waals surface area contributed by atoms with Gasteiger partial charge in [-0.25, -0.2) is 9.78 Å². The molecule has 0 atom stereocenters. The van der Waals surface area contributed by atoms with E-state index in [1.54, 1.807) is 0 Å². The van der Waals surface area contributed by atoms with Gasteiger partial charge in [-0.1, -0.05) is 6.92 Å². The molecule has 27 heavy (non-hydrogen) atoms. The number of nitrogens with one attached hydrogen (secondary N) is 2. The average molecular weight is 397 g/mol. The van der Waals surface area contributed by atoms with Gasteiger partial charge < -0.3 is 25.1 Å². The van der Waals surface area contributed by atoms with Crippen LogP contribution >= 0.6 is 12.4 Å². The van der Waals surface area contributed by atoms with Crippen LogP contribution in [0.25, 0.3) is 11.4 Å². The highest BCUT2D eigenvalue weighted by Crippen LogP contribution is 2.35. The van der Waals surface area contributed by atoms with Crippen molar-refractivity contribution < 1.29 is 15.0 Å². The highest BCUT2D eigenvalue weighted by molar-refractivity contribution is 5.92. The number of aromatic amines is 1. The van der Waals surface area contributed by atoms with Crippen molar-refractivity contribution in [1.82, 2.24) is 19.9 Å². The maximum Gasteiger partial charge on any atom is 0.345 e. The van der Waals surface area contributed by atoms with Gasteiger partial charge in [0.25, 0.3) is 5.56 Å². The number of hydrogen-bond donors (Lipinski definition) is 4. The van der Waals surface area contributed by atoms with E-state index < -0.39 is 22.8 Å². The summed E-state index contributed by atoms with van der Waals surface area (Å²) in [6.45, 7) is 6.40. The van der Waals surface area contributed by atoms with E-state index in [0.717, 1.165) is 43.9 Å². The molecule has 0 radical (unpaired) electrons. The average Bonchev–Trinajstić information content (AvgIpc) is 2.84. The lowest BCUT2D eigenvalue weighted by atomic mass is 10.0. The number of rotatable bonds is 6. The van der Waals surface area contributed by atoms with E-state index in [9.17, 15) is 19.8 Å². The Balaban J connectivity index is 0.00000261. The topological polar surface area (TPSA) is 120 Å². The van der Waals surface area contributed by atoms with E-state index in [1.165, 1.54) is 0 Å². The molecule has 1 aliphatic rings. The number of fused-ring (bicyclic) bond motifs is 3. The normalized spacial score (nSPS) is 12.7. The van der Waals surface area contributed by atoms with Crippen LogP contribution in [0.3, 0.4) is 0 Å². The summed E-state index contributed by atoms with van der Waals surface area (Å²) in [6.07, 6.45) is 3.00. The Bertz CT molecular complexity index is 904. The Hall–Kier alpha value is -2.32. The molecule has 0 fully saturated rings. The van der Waals surface area contributed by atoms with Crippen molar-refractivity contribution in [2.24, 2.45) is 0 Å². The number of carbonyl (C=O) groups is 1. The number of pyridine rings is 1. The van der Waals surface area contributed by atoms with Crippen molar-refractivity contribution in [3.8, 4) is 17.1 Å². The molecule has 8 nitrogen and oxygen atoms in total. The summed E-state index contributed by atoms with van der Waals surface area (Å²) in [4.78, 5) is 30.9. The van der Waals surface area contributed by atoms with Crippen LogP contribution in [0.5, 0.6) is 5.75 Å². The summed E-state index contributed by atoms with van der Waals surface area (Å²) in [6, 6.07) is 0. The van der Waals surface area contributed by atoms with Crippen LogP contribution in [0, 0.1) is 0 Å². The van der Waals surface area contributed by atoms with E-state index in [-0.39, 0.29) is 12.4 Å². The lowest BCUT2D eigenvalue weighted by Gasteiger charge is -2.09. The summed E-state index contributed by atoms with van der Waals surface area (Å²) in [5, 5.41) is 22.9. The lowest BCUT2D eigenvalue weighted by molar-refractivity contribution is 0.0691. The van der Waals surface area contributed by atoms with Gasteiger partial charge in [-0.05, 0) is 39.2 Å². The number of carboxylic acid groups (broad SMARTS) is 1. The Morgan fingerprint density at radius 1 is 1.33 bits per heavy atom. The molecule has 2 aromatic heterocycles. The number of aromatic nitrogens is 3. The van der Waals surface area contributed by atoms with Crippen LogP contribution < -0.4 is 10.9 Å². The van der Waals surface area contributed by atoms with Gasteiger partial charge in [0.15, 0.2) is 5.56 Å². The minimum atomic E-state index is -1.43. The first-order valence-electron chi connectivity index (χ1n) is 9.00. The molecular weight excluding hydrogens is 372 g/mol. The third kappa shape index (κ3) is 3.72. The number of H-pyrrole nitrogens is 1. The zero-order chi connectivity index (χ0) is 18.8. The summed E-state index contributed by atoms with van der Waals surface area (Å²) in [5.41, 5.74) is 1.13. The molecule has 0 aliphatic heterocycles. The molecule has 4 N–H and O–H groups in total. The van der Waals surface area contributed by atoms with Crippen molar-refractivity contribution in [2.45, 2.75) is 52.6 Å². The first kappa shape index (κ1) is 21.0. The van der Waals surface area contributed by atoms with Crippen LogP contribution in [-0.4, -0.2) is 37.3 Å². The van der Waals surface area contributed by atoms with E-state index in [4.69, 9.17) is 4.98 Å². The molecule has 148 valence electrons. The van der Waals surface area contributed by atoms with Crippen LogP contribution in [0.1, 0.15) is 54.1 Å². The predicted octanol–water partition coefficient (Wildman–Crippen LogP) is 2.07. The van der Waals surface area contributed by atoms with E-state index in [2.05, 4.69) is 21.8 Å². The Kier molecular flexibility index (Phi) is 6.67. The van der Waals surface area contributed by atoms with Crippen molar-refractivity contribution in [1.29, 1.82) is 0 Å². The fourth-order valence-electron chi connectivity index (χ4n) is 3.58. The number of aromatic hydroxyl groups is 1. The highest BCUT2D eigenvalue weighted by Gasteiger charge is 2.28. The quantitative estimate of drug-likeness (QED) is 0.555. The molecule has 0 bridgehead atoms. The predicted molar refractivity (Wildman–Crippen MR) is 104 cm³/mol. The molecule has 0 saturated heterocycles. The van der Waals surface area contributed by atoms with E-state index in [0.29, 0.717) is 29.9 Å². The van der Waals surface area contributed by atoms with Crippen LogP contribution in [-0.2, 0) is 25.9 Å². The van der Waals surface area contributed by atoms with E-state index in [1.807, 2.05) is 6.92 Å². The first-order chi connectivity index (χ1) is 12.5. The molecule has 9 heteroatoms. The number of nitrogens with zero attached hydrogens (tertiary/aromatic N) is 2. The van der Waals surface area contributed by atoms with Crippen molar-refractivity contribution in [3.63, 3.8) is 0 Å². The Labute approximate surface area is 163 Å². The van der Waals surface area contributed by atoms with Gasteiger partial charge in [0.1, 0.15) is 17.3 Å². The number of halogens is 1. The van der Waals surface area contributed by atoms with Crippen LogP contribution in [0.2, 0.25) is 0 Å². The van der Waals surface area contributed by atoms with Gasteiger partial charge >= 0.3 is 5.97 Å². The number of aromatic carboxylic acids is 1. The minimum absolute atomic E-state index is 0. The second kappa shape index (κ2) is 8.58. The molecule has 0 unspecified atom stereocenters. The summed E-state index contributed by atoms with van der Waals surface area (Å²) < 4.78 is 2.13. The zero-order valence-corrected chi connectivity index (χ0v) is 16.3. The summed E-state index contributed by atoms with van der Waals surface area (Å²) >= 11 is 0. The number of imidazole rings is 1. The molecule has 2 aromatic rings. The Morgan fingerprint density at radius 3 is 2.70 bits per heavy atom. The fourth-order valence-corrected chi connectivity index (χ4v) is 3.58. The monoisotopic (exact) mass is 396 g/mol. The largest absolute Gasteiger partial charge is 0.506 e. The molecule has 0 aromatic carbocycles. The van der Waals surface area contributed by atoms with Gasteiger partial charge in [0.2, 0.25) is 0 Å². The highest BCUT2D eigenvalue weighted by atomic mass is 35.5. The van der Waals surface area contributed by atoms with Crippen LogP contribution in [0.4, 0.5) is 0 Å². The second-order valence-electron chi connectivity index (χ2n) is 6.43. The molecule has 1 aliphatic carbocycles. The number of hydrogen-bond acceptors (Lipinski definition) is 5. The SMILES string of the molecule is CCCNCc1nc2c(n1CC)CCCc1c-2[nH]c(=O)c(C(=O)O)c1O.Cl. The fraction of sp³-hybridized carbons (Fsp3) is 0.500. The van der Waals surface area contributed by atoms with Crippen molar-refractivity contribution in [2.75, 3.05) is 6.54 Å². The van der Waals surface area contributed by atoms with Crippen LogP contribution in [0.15, 0.2) is 4.79 Å². The molecule has 2 heterocycles. The number of carboxylic acids is 1. The molecule has 0 spiro atoms.